The van der Waals surface area contributed by atoms with E-state index < -0.39 is 18.3 Å². The summed E-state index contributed by atoms with van der Waals surface area (Å²) in [6, 6.07) is 0. The van der Waals surface area contributed by atoms with Gasteiger partial charge < -0.3 is 20.4 Å². The molecule has 1 rings (SSSR count). The van der Waals surface area contributed by atoms with Gasteiger partial charge in [-0.25, -0.2) is 0 Å². The first-order valence-electron chi connectivity index (χ1n) is 3.93. The third-order valence-electron chi connectivity index (χ3n) is 2.25. The van der Waals surface area contributed by atoms with Crippen molar-refractivity contribution in [2.45, 2.75) is 25.2 Å². The lowest BCUT2D eigenvalue weighted by Gasteiger charge is -2.32. The van der Waals surface area contributed by atoms with Crippen LogP contribution in [0.4, 0.5) is 0 Å². The van der Waals surface area contributed by atoms with Crippen LogP contribution in [-0.2, 0) is 0 Å². The summed E-state index contributed by atoms with van der Waals surface area (Å²) in [7, 11) is 0. The van der Waals surface area contributed by atoms with Crippen LogP contribution in [0.1, 0.15) is 6.92 Å². The van der Waals surface area contributed by atoms with E-state index >= 15 is 0 Å². The molecule has 0 radical (unpaired) electrons. The number of rotatable bonds is 1. The predicted octanol–water partition coefficient (Wildman–Crippen LogP) is -1.14. The summed E-state index contributed by atoms with van der Waals surface area (Å²) in [5, 5.41) is 36.6. The quantitative estimate of drug-likeness (QED) is 0.438. The average molecular weight is 242 g/mol. The molecule has 0 saturated carbocycles. The van der Waals surface area contributed by atoms with E-state index in [1.165, 1.54) is 0 Å². The zero-order chi connectivity index (χ0) is 9.30. The first kappa shape index (κ1) is 16.7. The molecular formula is C8H18O4S2. The number of aliphatic hydroxyl groups is 4. The van der Waals surface area contributed by atoms with Gasteiger partial charge in [0.05, 0.1) is 12.7 Å². The number of aliphatic hydroxyl groups excluding tert-OH is 4. The highest BCUT2D eigenvalue weighted by atomic mass is 32.1. The molecule has 0 aliphatic heterocycles. The molecule has 0 heterocycles. The first-order valence-corrected chi connectivity index (χ1v) is 3.93. The predicted molar refractivity (Wildman–Crippen MR) is 63.1 cm³/mol. The maximum Gasteiger partial charge on any atom is 0.110 e. The van der Waals surface area contributed by atoms with E-state index in [1.54, 1.807) is 13.0 Å². The lowest BCUT2D eigenvalue weighted by molar-refractivity contribution is -0.0699. The minimum absolute atomic E-state index is 0. The molecule has 6 heteroatoms. The third-order valence-corrected chi connectivity index (χ3v) is 2.25. The molecule has 0 bridgehead atoms. The second-order valence-corrected chi connectivity index (χ2v) is 3.18. The van der Waals surface area contributed by atoms with Crippen LogP contribution in [0.25, 0.3) is 0 Å². The van der Waals surface area contributed by atoms with Gasteiger partial charge in [0.2, 0.25) is 0 Å². The van der Waals surface area contributed by atoms with Gasteiger partial charge in [-0.3, -0.25) is 0 Å². The molecule has 0 aromatic carbocycles. The van der Waals surface area contributed by atoms with Crippen LogP contribution in [0.5, 0.6) is 0 Å². The summed E-state index contributed by atoms with van der Waals surface area (Å²) < 4.78 is 0. The van der Waals surface area contributed by atoms with Crippen molar-refractivity contribution in [1.82, 2.24) is 0 Å². The average Bonchev–Trinajstić information content (AvgIpc) is 2.08. The van der Waals surface area contributed by atoms with Crippen LogP contribution in [0.3, 0.4) is 0 Å². The molecule has 0 spiro atoms. The Morgan fingerprint density at radius 3 is 2.07 bits per heavy atom. The van der Waals surface area contributed by atoms with Gasteiger partial charge in [0.15, 0.2) is 0 Å². The Bertz CT molecular complexity index is 198. The van der Waals surface area contributed by atoms with Gasteiger partial charge in [-0.2, -0.15) is 27.0 Å². The maximum absolute atomic E-state index is 9.29. The fraction of sp³-hybridized carbons (Fsp3) is 0.750. The standard InChI is InChI=1S/C8H14O4.2H2S/c1-4-2-5(3-9)7(11)8(12)6(4)10;;/h2,4,6-12H,3H2,1H3;2*1H2/t4-,6?,7?,8-;;/m1../s1. The largest absolute Gasteiger partial charge is 0.392 e. The second-order valence-electron chi connectivity index (χ2n) is 3.18. The van der Waals surface area contributed by atoms with Gasteiger partial charge in [0.1, 0.15) is 12.2 Å². The molecule has 4 atom stereocenters. The van der Waals surface area contributed by atoms with Crippen LogP contribution < -0.4 is 0 Å². The van der Waals surface area contributed by atoms with Crippen LogP contribution in [0, 0.1) is 5.92 Å². The van der Waals surface area contributed by atoms with Crippen LogP contribution in [0.2, 0.25) is 0 Å². The normalized spacial score (nSPS) is 36.5. The summed E-state index contributed by atoms with van der Waals surface area (Å²) >= 11 is 0. The first-order chi connectivity index (χ1) is 5.57. The highest BCUT2D eigenvalue weighted by molar-refractivity contribution is 7.59. The van der Waals surface area contributed by atoms with Crippen molar-refractivity contribution in [1.29, 1.82) is 0 Å². The molecule has 14 heavy (non-hydrogen) atoms. The Labute approximate surface area is 97.2 Å². The van der Waals surface area contributed by atoms with Crippen LogP contribution >= 0.6 is 27.0 Å². The Morgan fingerprint density at radius 2 is 1.64 bits per heavy atom. The van der Waals surface area contributed by atoms with E-state index in [2.05, 4.69) is 0 Å². The zero-order valence-electron chi connectivity index (χ0n) is 7.88. The highest BCUT2D eigenvalue weighted by Gasteiger charge is 2.34. The van der Waals surface area contributed by atoms with Crippen molar-refractivity contribution in [3.05, 3.63) is 11.6 Å². The van der Waals surface area contributed by atoms with Gasteiger partial charge in [0.25, 0.3) is 0 Å². The van der Waals surface area contributed by atoms with Gasteiger partial charge >= 0.3 is 0 Å². The van der Waals surface area contributed by atoms with E-state index in [1.807, 2.05) is 0 Å². The second kappa shape index (κ2) is 6.71. The molecule has 0 aromatic heterocycles. The van der Waals surface area contributed by atoms with Crippen molar-refractivity contribution in [2.75, 3.05) is 6.61 Å². The van der Waals surface area contributed by atoms with Gasteiger partial charge in [-0.05, 0) is 5.57 Å². The maximum atomic E-state index is 9.29. The van der Waals surface area contributed by atoms with E-state index in [4.69, 9.17) is 5.11 Å². The van der Waals surface area contributed by atoms with E-state index in [9.17, 15) is 15.3 Å². The summed E-state index contributed by atoms with van der Waals surface area (Å²) in [4.78, 5) is 0. The lowest BCUT2D eigenvalue weighted by Crippen LogP contribution is -2.45. The fourth-order valence-electron chi connectivity index (χ4n) is 1.40. The fourth-order valence-corrected chi connectivity index (χ4v) is 1.40. The molecule has 2 unspecified atom stereocenters. The lowest BCUT2D eigenvalue weighted by atomic mass is 9.85. The molecule has 0 saturated heterocycles. The van der Waals surface area contributed by atoms with Crippen molar-refractivity contribution in [2.24, 2.45) is 5.92 Å². The SMILES string of the molecule is C[C@@H]1C=C(CO)C(O)[C@H](O)C1O.S.S. The highest BCUT2D eigenvalue weighted by Crippen LogP contribution is 2.23. The molecule has 0 aromatic rings. The zero-order valence-corrected chi connectivity index (χ0v) is 9.88. The number of hydrogen-bond acceptors (Lipinski definition) is 4. The smallest absolute Gasteiger partial charge is 0.110 e. The third kappa shape index (κ3) is 3.15. The summed E-state index contributed by atoms with van der Waals surface area (Å²) in [5.41, 5.74) is 0.375. The minimum atomic E-state index is -1.19. The van der Waals surface area contributed by atoms with Crippen LogP contribution in [0.15, 0.2) is 11.6 Å². The molecule has 4 N–H and O–H groups in total. The molecule has 4 nitrogen and oxygen atoms in total. The Kier molecular flexibility index (Phi) is 8.00. The van der Waals surface area contributed by atoms with E-state index in [-0.39, 0.29) is 39.5 Å². The van der Waals surface area contributed by atoms with Gasteiger partial charge in [0, 0.05) is 5.92 Å². The molecule has 1 aliphatic carbocycles. The van der Waals surface area contributed by atoms with E-state index in [0.717, 1.165) is 0 Å². The Morgan fingerprint density at radius 1 is 1.14 bits per heavy atom. The van der Waals surface area contributed by atoms with Gasteiger partial charge in [-0.1, -0.05) is 13.0 Å². The van der Waals surface area contributed by atoms with Crippen molar-refractivity contribution in [3.63, 3.8) is 0 Å². The van der Waals surface area contributed by atoms with Crippen molar-refractivity contribution in [3.8, 4) is 0 Å². The van der Waals surface area contributed by atoms with Gasteiger partial charge in [-0.15, -0.1) is 0 Å². The van der Waals surface area contributed by atoms with Crippen molar-refractivity contribution < 1.29 is 20.4 Å². The molecule has 86 valence electrons. The summed E-state index contributed by atoms with van der Waals surface area (Å²) in [5.74, 6) is -0.231. The molecule has 0 amide bonds. The van der Waals surface area contributed by atoms with E-state index in [0.29, 0.717) is 5.57 Å². The monoisotopic (exact) mass is 242 g/mol. The topological polar surface area (TPSA) is 80.9 Å². The minimum Gasteiger partial charge on any atom is -0.392 e. The van der Waals surface area contributed by atoms with Crippen molar-refractivity contribution >= 4 is 27.0 Å². The Balaban J connectivity index is 0. The van der Waals surface area contributed by atoms with Crippen LogP contribution in [-0.4, -0.2) is 45.3 Å². The number of hydrogen-bond donors (Lipinski definition) is 4. The Hall–Kier alpha value is 0.280. The summed E-state index contributed by atoms with van der Waals surface area (Å²) in [6.45, 7) is 1.44. The molecular weight excluding hydrogens is 224 g/mol. The molecule has 0 fully saturated rings. The molecule has 1 aliphatic rings. The summed E-state index contributed by atoms with van der Waals surface area (Å²) in [6.07, 6.45) is -1.69.